The molecule has 0 aromatic heterocycles. The van der Waals surface area contributed by atoms with Gasteiger partial charge in [0.25, 0.3) is 0 Å². The van der Waals surface area contributed by atoms with Crippen molar-refractivity contribution in [3.63, 3.8) is 0 Å². The fourth-order valence-corrected chi connectivity index (χ4v) is 1.76. The number of piperidine rings is 1. The number of hydrogen-bond donors (Lipinski definition) is 1. The molecule has 0 aromatic carbocycles. The summed E-state index contributed by atoms with van der Waals surface area (Å²) in [4.78, 5) is 23.9. The SMILES string of the molecule is CCOC(=O)N1CCCC(NC(C)=O)C1. The fraction of sp³-hybridized carbons (Fsp3) is 0.800. The smallest absolute Gasteiger partial charge is 0.409 e. The van der Waals surface area contributed by atoms with E-state index in [1.807, 2.05) is 0 Å². The molecule has 0 bridgehead atoms. The standard InChI is InChI=1S/C10H18N2O3/c1-3-15-10(14)12-6-4-5-9(7-12)11-8(2)13/h9H,3-7H2,1-2H3,(H,11,13). The van der Waals surface area contributed by atoms with Gasteiger partial charge in [-0.1, -0.05) is 0 Å². The third-order valence-corrected chi connectivity index (χ3v) is 2.35. The number of nitrogens with one attached hydrogen (secondary N) is 1. The monoisotopic (exact) mass is 214 g/mol. The van der Waals surface area contributed by atoms with Crippen molar-refractivity contribution in [2.75, 3.05) is 19.7 Å². The number of hydrogen-bond acceptors (Lipinski definition) is 3. The molecule has 0 saturated carbocycles. The number of rotatable bonds is 2. The zero-order chi connectivity index (χ0) is 11.3. The molecule has 0 radical (unpaired) electrons. The molecule has 1 atom stereocenters. The lowest BCUT2D eigenvalue weighted by Gasteiger charge is -2.32. The molecule has 86 valence electrons. The Balaban J connectivity index is 2.41. The molecule has 15 heavy (non-hydrogen) atoms. The summed E-state index contributed by atoms with van der Waals surface area (Å²) in [6.45, 7) is 4.93. The molecule has 1 heterocycles. The van der Waals surface area contributed by atoms with Crippen LogP contribution in [0.5, 0.6) is 0 Å². The highest BCUT2D eigenvalue weighted by atomic mass is 16.6. The molecule has 1 fully saturated rings. The van der Waals surface area contributed by atoms with Crippen LogP contribution in [0, 0.1) is 0 Å². The van der Waals surface area contributed by atoms with Crippen LogP contribution in [-0.2, 0) is 9.53 Å². The van der Waals surface area contributed by atoms with Crippen molar-refractivity contribution >= 4 is 12.0 Å². The Labute approximate surface area is 89.8 Å². The Morgan fingerprint density at radius 3 is 2.87 bits per heavy atom. The van der Waals surface area contributed by atoms with E-state index < -0.39 is 0 Å². The highest BCUT2D eigenvalue weighted by molar-refractivity contribution is 5.73. The molecule has 1 unspecified atom stereocenters. The van der Waals surface area contributed by atoms with Gasteiger partial charge in [-0.25, -0.2) is 4.79 Å². The van der Waals surface area contributed by atoms with E-state index >= 15 is 0 Å². The zero-order valence-electron chi connectivity index (χ0n) is 9.28. The van der Waals surface area contributed by atoms with Gasteiger partial charge in [-0.05, 0) is 19.8 Å². The predicted molar refractivity (Wildman–Crippen MR) is 55.4 cm³/mol. The molecule has 1 rings (SSSR count). The third kappa shape index (κ3) is 3.77. The van der Waals surface area contributed by atoms with Gasteiger partial charge in [0.15, 0.2) is 0 Å². The van der Waals surface area contributed by atoms with E-state index in [9.17, 15) is 9.59 Å². The first-order chi connectivity index (χ1) is 7.13. The maximum absolute atomic E-state index is 11.4. The van der Waals surface area contributed by atoms with Crippen LogP contribution in [0.25, 0.3) is 0 Å². The summed E-state index contributed by atoms with van der Waals surface area (Å²) in [5, 5.41) is 2.82. The van der Waals surface area contributed by atoms with Crippen molar-refractivity contribution in [2.24, 2.45) is 0 Å². The molecule has 5 heteroatoms. The summed E-state index contributed by atoms with van der Waals surface area (Å²) in [6.07, 6.45) is 1.55. The second kappa shape index (κ2) is 5.58. The maximum atomic E-state index is 11.4. The van der Waals surface area contributed by atoms with E-state index in [1.165, 1.54) is 6.92 Å². The molecule has 2 amide bonds. The fourth-order valence-electron chi connectivity index (χ4n) is 1.76. The van der Waals surface area contributed by atoms with Crippen molar-refractivity contribution in [3.8, 4) is 0 Å². The van der Waals surface area contributed by atoms with Gasteiger partial charge in [-0.2, -0.15) is 0 Å². The van der Waals surface area contributed by atoms with E-state index in [4.69, 9.17) is 4.74 Å². The van der Waals surface area contributed by atoms with Crippen LogP contribution in [-0.4, -0.2) is 42.6 Å². The number of nitrogens with zero attached hydrogens (tertiary/aromatic N) is 1. The highest BCUT2D eigenvalue weighted by Crippen LogP contribution is 2.11. The number of ether oxygens (including phenoxy) is 1. The van der Waals surface area contributed by atoms with Crippen LogP contribution in [0.3, 0.4) is 0 Å². The van der Waals surface area contributed by atoms with Crippen LogP contribution < -0.4 is 5.32 Å². The van der Waals surface area contributed by atoms with Gasteiger partial charge in [-0.15, -0.1) is 0 Å². The van der Waals surface area contributed by atoms with Crippen molar-refractivity contribution in [1.82, 2.24) is 10.2 Å². The largest absolute Gasteiger partial charge is 0.450 e. The first-order valence-electron chi connectivity index (χ1n) is 5.32. The predicted octanol–water partition coefficient (Wildman–Crippen LogP) is 0.743. The summed E-state index contributed by atoms with van der Waals surface area (Å²) >= 11 is 0. The summed E-state index contributed by atoms with van der Waals surface area (Å²) in [5.41, 5.74) is 0. The van der Waals surface area contributed by atoms with Gasteiger partial charge in [0, 0.05) is 26.1 Å². The third-order valence-electron chi connectivity index (χ3n) is 2.35. The first-order valence-corrected chi connectivity index (χ1v) is 5.32. The topological polar surface area (TPSA) is 58.6 Å². The van der Waals surface area contributed by atoms with Gasteiger partial charge in [0.1, 0.15) is 0 Å². The summed E-state index contributed by atoms with van der Waals surface area (Å²) in [6, 6.07) is 0.0701. The van der Waals surface area contributed by atoms with Gasteiger partial charge >= 0.3 is 6.09 Å². The minimum Gasteiger partial charge on any atom is -0.450 e. The Hall–Kier alpha value is -1.26. The average molecular weight is 214 g/mol. The van der Waals surface area contributed by atoms with Crippen molar-refractivity contribution in [1.29, 1.82) is 0 Å². The van der Waals surface area contributed by atoms with E-state index in [2.05, 4.69) is 5.32 Å². The quantitative estimate of drug-likeness (QED) is 0.737. The lowest BCUT2D eigenvalue weighted by Crippen LogP contribution is -2.49. The number of likely N-dealkylation sites (tertiary alicyclic amines) is 1. The minimum absolute atomic E-state index is 0.0503. The lowest BCUT2D eigenvalue weighted by atomic mass is 10.1. The van der Waals surface area contributed by atoms with Crippen molar-refractivity contribution < 1.29 is 14.3 Å². The average Bonchev–Trinajstić information content (AvgIpc) is 2.17. The van der Waals surface area contributed by atoms with Crippen LogP contribution in [0.15, 0.2) is 0 Å². The number of carbonyl (C=O) groups is 2. The Kier molecular flexibility index (Phi) is 4.39. The molecular formula is C10H18N2O3. The van der Waals surface area contributed by atoms with Crippen LogP contribution in [0.1, 0.15) is 26.7 Å². The molecule has 1 N–H and O–H groups in total. The van der Waals surface area contributed by atoms with E-state index in [-0.39, 0.29) is 18.0 Å². The van der Waals surface area contributed by atoms with Crippen LogP contribution >= 0.6 is 0 Å². The summed E-state index contributed by atoms with van der Waals surface area (Å²) in [7, 11) is 0. The number of carbonyl (C=O) groups excluding carboxylic acids is 2. The van der Waals surface area contributed by atoms with Gasteiger partial charge < -0.3 is 15.0 Å². The Bertz CT molecular complexity index is 243. The molecule has 1 saturated heterocycles. The maximum Gasteiger partial charge on any atom is 0.409 e. The molecule has 0 aromatic rings. The van der Waals surface area contributed by atoms with E-state index in [0.717, 1.165) is 19.4 Å². The normalized spacial score (nSPS) is 20.9. The van der Waals surface area contributed by atoms with Crippen molar-refractivity contribution in [3.05, 3.63) is 0 Å². The lowest BCUT2D eigenvalue weighted by molar-refractivity contribution is -0.120. The molecule has 0 spiro atoms. The zero-order valence-corrected chi connectivity index (χ0v) is 9.28. The van der Waals surface area contributed by atoms with E-state index in [1.54, 1.807) is 11.8 Å². The van der Waals surface area contributed by atoms with E-state index in [0.29, 0.717) is 13.2 Å². The Morgan fingerprint density at radius 2 is 2.27 bits per heavy atom. The summed E-state index contributed by atoms with van der Waals surface area (Å²) in [5.74, 6) is -0.0503. The van der Waals surface area contributed by atoms with Crippen molar-refractivity contribution in [2.45, 2.75) is 32.7 Å². The van der Waals surface area contributed by atoms with Crippen LogP contribution in [0.2, 0.25) is 0 Å². The highest BCUT2D eigenvalue weighted by Gasteiger charge is 2.24. The van der Waals surface area contributed by atoms with Gasteiger partial charge in [-0.3, -0.25) is 4.79 Å². The van der Waals surface area contributed by atoms with Gasteiger partial charge in [0.2, 0.25) is 5.91 Å². The molecule has 5 nitrogen and oxygen atoms in total. The molecule has 1 aliphatic rings. The molecule has 1 aliphatic heterocycles. The van der Waals surface area contributed by atoms with Gasteiger partial charge in [0.05, 0.1) is 6.61 Å². The second-order valence-corrected chi connectivity index (χ2v) is 3.68. The first kappa shape index (κ1) is 11.8. The molecular weight excluding hydrogens is 196 g/mol. The second-order valence-electron chi connectivity index (χ2n) is 3.68. The van der Waals surface area contributed by atoms with Crippen LogP contribution in [0.4, 0.5) is 4.79 Å². The number of amides is 2. The minimum atomic E-state index is -0.285. The molecule has 0 aliphatic carbocycles. The Morgan fingerprint density at radius 1 is 1.53 bits per heavy atom. The summed E-state index contributed by atoms with van der Waals surface area (Å²) < 4.78 is 4.91.